The Morgan fingerprint density at radius 3 is 1.14 bits per heavy atom. The van der Waals surface area contributed by atoms with Crippen molar-refractivity contribution in [3.8, 4) is 0 Å². The second-order valence-electron chi connectivity index (χ2n) is 0.729. The molecule has 42 valence electrons. The van der Waals surface area contributed by atoms with Crippen molar-refractivity contribution in [2.24, 2.45) is 11.5 Å². The average molecular weight is 122 g/mol. The zero-order chi connectivity index (χ0) is 5.15. The Hall–Kier alpha value is -0.710. The summed E-state index contributed by atoms with van der Waals surface area (Å²) in [6.07, 6.45) is 0. The van der Waals surface area contributed by atoms with Crippen LogP contribution in [0.1, 0.15) is 0 Å². The van der Waals surface area contributed by atoms with E-state index in [0.717, 1.165) is 0 Å². The van der Waals surface area contributed by atoms with Gasteiger partial charge in [-0.05, 0) is 0 Å². The molecule has 0 aliphatic heterocycles. The van der Waals surface area contributed by atoms with Crippen LogP contribution in [0.4, 0.5) is 0 Å². The van der Waals surface area contributed by atoms with Gasteiger partial charge >= 0.3 is 11.8 Å². The molecule has 0 bridgehead atoms. The van der Waals surface area contributed by atoms with Crippen LogP contribution in [0.3, 0.4) is 0 Å². The van der Waals surface area contributed by atoms with Gasteiger partial charge in [-0.1, -0.05) is 0 Å². The van der Waals surface area contributed by atoms with E-state index in [9.17, 15) is 9.59 Å². The topological polar surface area (TPSA) is 86.2 Å². The molecular weight excluding hydrogens is 116 g/mol. The molecule has 0 fully saturated rings. The summed E-state index contributed by atoms with van der Waals surface area (Å²) in [5.41, 5.74) is 8.64. The summed E-state index contributed by atoms with van der Waals surface area (Å²) in [5, 5.41) is 0. The van der Waals surface area contributed by atoms with Crippen molar-refractivity contribution in [1.29, 1.82) is 0 Å². The molecular formula is C2H6N2O2S. The summed E-state index contributed by atoms with van der Waals surface area (Å²) in [7, 11) is 0. The van der Waals surface area contributed by atoms with Gasteiger partial charge in [-0.15, -0.1) is 0 Å². The minimum Gasteiger partial charge on any atom is -0.361 e. The predicted molar refractivity (Wildman–Crippen MR) is 28.8 cm³/mol. The fourth-order valence-corrected chi connectivity index (χ4v) is 0. The Labute approximate surface area is 47.3 Å². The van der Waals surface area contributed by atoms with Crippen molar-refractivity contribution in [2.75, 3.05) is 0 Å². The minimum atomic E-state index is -1.10. The summed E-state index contributed by atoms with van der Waals surface area (Å²) in [4.78, 5) is 18.9. The van der Waals surface area contributed by atoms with Crippen LogP contribution in [-0.4, -0.2) is 11.8 Å². The quantitative estimate of drug-likeness (QED) is 0.366. The van der Waals surface area contributed by atoms with Crippen LogP contribution in [0.25, 0.3) is 0 Å². The normalized spacial score (nSPS) is 6.29. The van der Waals surface area contributed by atoms with Gasteiger partial charge in [-0.2, -0.15) is 13.5 Å². The molecule has 0 unspecified atom stereocenters. The Kier molecular flexibility index (Phi) is 4.75. The summed E-state index contributed by atoms with van der Waals surface area (Å²) in [6.45, 7) is 0. The molecule has 0 aromatic heterocycles. The van der Waals surface area contributed by atoms with E-state index >= 15 is 0 Å². The monoisotopic (exact) mass is 122 g/mol. The highest BCUT2D eigenvalue weighted by Crippen LogP contribution is 1.44. The lowest BCUT2D eigenvalue weighted by molar-refractivity contribution is -0.135. The van der Waals surface area contributed by atoms with Gasteiger partial charge in [0.25, 0.3) is 0 Å². The largest absolute Gasteiger partial charge is 0.361 e. The fraction of sp³-hybridized carbons (Fsp3) is 0. The van der Waals surface area contributed by atoms with E-state index in [0.29, 0.717) is 0 Å². The molecule has 0 aliphatic carbocycles. The molecule has 0 aliphatic rings. The number of nitrogens with two attached hydrogens (primary N) is 2. The number of hydrogen-bond donors (Lipinski definition) is 2. The van der Waals surface area contributed by atoms with Crippen LogP contribution in [0.2, 0.25) is 0 Å². The third-order valence-corrected chi connectivity index (χ3v) is 0.243. The molecule has 0 saturated heterocycles. The lowest BCUT2D eigenvalue weighted by Gasteiger charge is -1.75. The molecule has 0 heterocycles. The molecule has 4 nitrogen and oxygen atoms in total. The first-order valence-electron chi connectivity index (χ1n) is 1.24. The maximum atomic E-state index is 9.45. The molecule has 4 N–H and O–H groups in total. The van der Waals surface area contributed by atoms with Gasteiger partial charge < -0.3 is 11.5 Å². The van der Waals surface area contributed by atoms with E-state index in [2.05, 4.69) is 11.5 Å². The molecule has 0 saturated carbocycles. The first-order valence-corrected chi connectivity index (χ1v) is 1.24. The third kappa shape index (κ3) is 5.29. The van der Waals surface area contributed by atoms with E-state index in [-0.39, 0.29) is 13.5 Å². The smallest absolute Gasteiger partial charge is 0.306 e. The van der Waals surface area contributed by atoms with E-state index < -0.39 is 11.8 Å². The standard InChI is InChI=1S/C2H4N2O2.H2S/c3-1(5)2(4)6;/h(H2,3,5)(H2,4,6);1H2. The van der Waals surface area contributed by atoms with Gasteiger partial charge in [0, 0.05) is 0 Å². The van der Waals surface area contributed by atoms with Gasteiger partial charge in [0.05, 0.1) is 0 Å². The Morgan fingerprint density at radius 2 is 1.14 bits per heavy atom. The molecule has 0 rings (SSSR count). The van der Waals surface area contributed by atoms with Crippen LogP contribution in [0.15, 0.2) is 0 Å². The van der Waals surface area contributed by atoms with Crippen LogP contribution < -0.4 is 11.5 Å². The highest BCUT2D eigenvalue weighted by molar-refractivity contribution is 7.59. The Bertz CT molecular complexity index is 79.7. The number of carbonyl (C=O) groups excluding carboxylic acids is 2. The lowest BCUT2D eigenvalue weighted by Crippen LogP contribution is -2.29. The van der Waals surface area contributed by atoms with Crippen LogP contribution in [0, 0.1) is 0 Å². The molecule has 2 amide bonds. The molecule has 7 heavy (non-hydrogen) atoms. The maximum absolute atomic E-state index is 9.45. The first-order chi connectivity index (χ1) is 2.64. The lowest BCUT2D eigenvalue weighted by atomic mass is 10.6. The summed E-state index contributed by atoms with van der Waals surface area (Å²) >= 11 is 0. The molecule has 0 spiro atoms. The van der Waals surface area contributed by atoms with Crippen molar-refractivity contribution < 1.29 is 9.59 Å². The second-order valence-corrected chi connectivity index (χ2v) is 0.729. The zero-order valence-electron chi connectivity index (χ0n) is 3.47. The predicted octanol–water partition coefficient (Wildman–Crippen LogP) is -1.93. The highest BCUT2D eigenvalue weighted by Gasteiger charge is 1.96. The number of primary amides is 2. The van der Waals surface area contributed by atoms with Crippen molar-refractivity contribution in [1.82, 2.24) is 0 Å². The van der Waals surface area contributed by atoms with Crippen molar-refractivity contribution in [2.45, 2.75) is 0 Å². The Balaban J connectivity index is 0. The van der Waals surface area contributed by atoms with Crippen LogP contribution >= 0.6 is 13.5 Å². The van der Waals surface area contributed by atoms with Gasteiger partial charge in [0.1, 0.15) is 0 Å². The fourth-order valence-electron chi connectivity index (χ4n) is 0. The molecule has 0 aromatic carbocycles. The number of rotatable bonds is 0. The number of carbonyl (C=O) groups is 2. The van der Waals surface area contributed by atoms with Gasteiger partial charge in [0.15, 0.2) is 0 Å². The SMILES string of the molecule is NC(=O)C(N)=O.S. The molecule has 0 aromatic rings. The van der Waals surface area contributed by atoms with Crippen molar-refractivity contribution in [3.63, 3.8) is 0 Å². The van der Waals surface area contributed by atoms with Crippen molar-refractivity contribution >= 4 is 25.3 Å². The van der Waals surface area contributed by atoms with E-state index in [1.54, 1.807) is 0 Å². The minimum absolute atomic E-state index is 0. The second kappa shape index (κ2) is 3.48. The van der Waals surface area contributed by atoms with Crippen LogP contribution in [0.5, 0.6) is 0 Å². The van der Waals surface area contributed by atoms with E-state index in [1.165, 1.54) is 0 Å². The van der Waals surface area contributed by atoms with Crippen molar-refractivity contribution in [3.05, 3.63) is 0 Å². The zero-order valence-corrected chi connectivity index (χ0v) is 4.47. The molecule has 0 radical (unpaired) electrons. The summed E-state index contributed by atoms with van der Waals surface area (Å²) in [5.74, 6) is -2.20. The van der Waals surface area contributed by atoms with E-state index in [1.807, 2.05) is 0 Å². The molecule has 0 atom stereocenters. The third-order valence-electron chi connectivity index (χ3n) is 0.243. The summed E-state index contributed by atoms with van der Waals surface area (Å²) < 4.78 is 0. The Morgan fingerprint density at radius 1 is 1.00 bits per heavy atom. The number of amides is 2. The molecule has 5 heteroatoms. The van der Waals surface area contributed by atoms with Gasteiger partial charge in [0.2, 0.25) is 0 Å². The van der Waals surface area contributed by atoms with E-state index in [4.69, 9.17) is 0 Å². The first kappa shape index (κ1) is 9.56. The van der Waals surface area contributed by atoms with Gasteiger partial charge in [-0.25, -0.2) is 0 Å². The summed E-state index contributed by atoms with van der Waals surface area (Å²) in [6, 6.07) is 0. The number of hydrogen-bond acceptors (Lipinski definition) is 2. The average Bonchev–Trinajstić information content (AvgIpc) is 1.36. The van der Waals surface area contributed by atoms with Gasteiger partial charge in [-0.3, -0.25) is 9.59 Å². The maximum Gasteiger partial charge on any atom is 0.306 e. The highest BCUT2D eigenvalue weighted by atomic mass is 32.1. The van der Waals surface area contributed by atoms with Crippen LogP contribution in [-0.2, 0) is 9.59 Å².